The van der Waals surface area contributed by atoms with Crippen molar-refractivity contribution >= 4 is 12.4 Å². The standard InChI is InChI=1S/C13H15NO3/c1-2-8-14(13(16)17-10-9-15)11-12-6-4-3-5-7-12/h2-7,9H,1,8,10-11H2. The van der Waals surface area contributed by atoms with Crippen LogP contribution in [0.4, 0.5) is 4.79 Å². The van der Waals surface area contributed by atoms with E-state index in [1.54, 1.807) is 6.08 Å². The molecule has 90 valence electrons. The number of rotatable bonds is 6. The van der Waals surface area contributed by atoms with Crippen LogP contribution in [0.3, 0.4) is 0 Å². The van der Waals surface area contributed by atoms with Crippen LogP contribution < -0.4 is 0 Å². The van der Waals surface area contributed by atoms with E-state index in [1.165, 1.54) is 4.90 Å². The Hall–Kier alpha value is -2.10. The lowest BCUT2D eigenvalue weighted by atomic mass is 10.2. The van der Waals surface area contributed by atoms with Crippen LogP contribution in [0.5, 0.6) is 0 Å². The molecule has 17 heavy (non-hydrogen) atoms. The first-order valence-electron chi connectivity index (χ1n) is 5.28. The van der Waals surface area contributed by atoms with E-state index in [1.807, 2.05) is 30.3 Å². The van der Waals surface area contributed by atoms with Crippen molar-refractivity contribution in [1.82, 2.24) is 4.90 Å². The molecule has 0 saturated carbocycles. The molecule has 0 unspecified atom stereocenters. The van der Waals surface area contributed by atoms with Gasteiger partial charge in [0.15, 0.2) is 6.29 Å². The van der Waals surface area contributed by atoms with E-state index in [-0.39, 0.29) is 6.61 Å². The maximum Gasteiger partial charge on any atom is 0.410 e. The summed E-state index contributed by atoms with van der Waals surface area (Å²) in [5.41, 5.74) is 0.998. The second-order valence-electron chi connectivity index (χ2n) is 3.40. The molecular formula is C13H15NO3. The zero-order valence-electron chi connectivity index (χ0n) is 9.54. The Bertz CT molecular complexity index is 376. The smallest absolute Gasteiger partial charge is 0.410 e. The second-order valence-corrected chi connectivity index (χ2v) is 3.40. The third kappa shape index (κ3) is 4.51. The number of benzene rings is 1. The number of hydrogen-bond acceptors (Lipinski definition) is 3. The summed E-state index contributed by atoms with van der Waals surface area (Å²) in [4.78, 5) is 23.2. The number of ether oxygens (including phenoxy) is 1. The van der Waals surface area contributed by atoms with Gasteiger partial charge in [0.1, 0.15) is 6.61 Å². The van der Waals surface area contributed by atoms with Crippen LogP contribution in [0, 0.1) is 0 Å². The lowest BCUT2D eigenvalue weighted by molar-refractivity contribution is -0.110. The van der Waals surface area contributed by atoms with E-state index in [2.05, 4.69) is 6.58 Å². The molecule has 1 amide bonds. The van der Waals surface area contributed by atoms with Crippen molar-refractivity contribution in [2.75, 3.05) is 13.2 Å². The molecule has 0 atom stereocenters. The van der Waals surface area contributed by atoms with Crippen molar-refractivity contribution in [2.45, 2.75) is 6.54 Å². The van der Waals surface area contributed by atoms with Crippen molar-refractivity contribution in [1.29, 1.82) is 0 Å². The summed E-state index contributed by atoms with van der Waals surface area (Å²) >= 11 is 0. The fraction of sp³-hybridized carbons (Fsp3) is 0.231. The molecule has 0 fully saturated rings. The summed E-state index contributed by atoms with van der Waals surface area (Å²) in [5.74, 6) is 0. The molecule has 0 spiro atoms. The summed E-state index contributed by atoms with van der Waals surface area (Å²) in [6.45, 7) is 4.18. The van der Waals surface area contributed by atoms with Crippen molar-refractivity contribution in [3.8, 4) is 0 Å². The first-order chi connectivity index (χ1) is 8.27. The van der Waals surface area contributed by atoms with Gasteiger partial charge in [-0.3, -0.25) is 4.79 Å². The third-order valence-corrected chi connectivity index (χ3v) is 2.10. The Morgan fingerprint density at radius 2 is 2.06 bits per heavy atom. The minimum absolute atomic E-state index is 0.221. The molecule has 0 radical (unpaired) electrons. The Kier molecular flexibility index (Phi) is 5.51. The summed E-state index contributed by atoms with van der Waals surface area (Å²) < 4.78 is 4.75. The second kappa shape index (κ2) is 7.22. The lowest BCUT2D eigenvalue weighted by Crippen LogP contribution is -2.31. The van der Waals surface area contributed by atoms with Crippen LogP contribution in [0.2, 0.25) is 0 Å². The maximum absolute atomic E-state index is 11.6. The van der Waals surface area contributed by atoms with E-state index in [4.69, 9.17) is 4.74 Å². The molecule has 4 heteroatoms. The molecule has 0 aliphatic carbocycles. The molecule has 1 aromatic carbocycles. The summed E-state index contributed by atoms with van der Waals surface area (Å²) in [6.07, 6.45) is 1.65. The Balaban J connectivity index is 2.62. The van der Waals surface area contributed by atoms with E-state index in [0.29, 0.717) is 19.4 Å². The maximum atomic E-state index is 11.6. The predicted molar refractivity (Wildman–Crippen MR) is 64.5 cm³/mol. The number of aldehydes is 1. The highest BCUT2D eigenvalue weighted by Crippen LogP contribution is 2.05. The normalized spacial score (nSPS) is 9.41. The highest BCUT2D eigenvalue weighted by molar-refractivity contribution is 5.70. The largest absolute Gasteiger partial charge is 0.442 e. The van der Waals surface area contributed by atoms with Gasteiger partial charge in [0.2, 0.25) is 0 Å². The van der Waals surface area contributed by atoms with Gasteiger partial charge in [-0.05, 0) is 5.56 Å². The van der Waals surface area contributed by atoms with Crippen molar-refractivity contribution < 1.29 is 14.3 Å². The number of hydrogen-bond donors (Lipinski definition) is 0. The monoisotopic (exact) mass is 233 g/mol. The van der Waals surface area contributed by atoms with Crippen molar-refractivity contribution in [3.63, 3.8) is 0 Å². The zero-order valence-corrected chi connectivity index (χ0v) is 9.54. The molecule has 0 N–H and O–H groups in total. The molecule has 1 aromatic rings. The van der Waals surface area contributed by atoms with E-state index in [0.717, 1.165) is 5.56 Å². The van der Waals surface area contributed by atoms with Gasteiger partial charge in [-0.2, -0.15) is 0 Å². The molecule has 0 heterocycles. The Morgan fingerprint density at radius 1 is 1.35 bits per heavy atom. The van der Waals surface area contributed by atoms with Gasteiger partial charge in [0, 0.05) is 13.1 Å². The molecule has 0 aromatic heterocycles. The quantitative estimate of drug-likeness (QED) is 0.557. The van der Waals surface area contributed by atoms with Gasteiger partial charge in [0.25, 0.3) is 0 Å². The van der Waals surface area contributed by atoms with Crippen LogP contribution in [0.25, 0.3) is 0 Å². The number of nitrogens with zero attached hydrogens (tertiary/aromatic N) is 1. The van der Waals surface area contributed by atoms with Crippen molar-refractivity contribution in [2.24, 2.45) is 0 Å². The molecule has 0 saturated heterocycles. The molecule has 4 nitrogen and oxygen atoms in total. The minimum atomic E-state index is -0.513. The fourth-order valence-electron chi connectivity index (χ4n) is 1.36. The van der Waals surface area contributed by atoms with Gasteiger partial charge in [-0.1, -0.05) is 36.4 Å². The first-order valence-corrected chi connectivity index (χ1v) is 5.28. The lowest BCUT2D eigenvalue weighted by Gasteiger charge is -2.19. The van der Waals surface area contributed by atoms with Crippen molar-refractivity contribution in [3.05, 3.63) is 48.6 Å². The van der Waals surface area contributed by atoms with Crippen LogP contribution in [0.1, 0.15) is 5.56 Å². The van der Waals surface area contributed by atoms with E-state index >= 15 is 0 Å². The topological polar surface area (TPSA) is 46.6 Å². The van der Waals surface area contributed by atoms with E-state index < -0.39 is 6.09 Å². The number of amides is 1. The van der Waals surface area contributed by atoms with Gasteiger partial charge in [-0.15, -0.1) is 6.58 Å². The number of carbonyl (C=O) groups is 2. The van der Waals surface area contributed by atoms with Crippen LogP contribution in [0.15, 0.2) is 43.0 Å². The third-order valence-electron chi connectivity index (χ3n) is 2.10. The van der Waals surface area contributed by atoms with Crippen LogP contribution >= 0.6 is 0 Å². The summed E-state index contributed by atoms with van der Waals surface area (Å²) in [7, 11) is 0. The van der Waals surface area contributed by atoms with Gasteiger partial charge in [0.05, 0.1) is 0 Å². The highest BCUT2D eigenvalue weighted by Gasteiger charge is 2.13. The zero-order chi connectivity index (χ0) is 12.5. The average Bonchev–Trinajstić information content (AvgIpc) is 2.36. The fourth-order valence-corrected chi connectivity index (χ4v) is 1.36. The SMILES string of the molecule is C=CCN(Cc1ccccc1)C(=O)OCC=O. The highest BCUT2D eigenvalue weighted by atomic mass is 16.6. The predicted octanol–water partition coefficient (Wildman–Crippen LogP) is 2.01. The molecular weight excluding hydrogens is 218 g/mol. The Labute approximate surface area is 100 Å². The first kappa shape index (κ1) is 13.0. The molecule has 0 aliphatic rings. The molecule has 0 bridgehead atoms. The average molecular weight is 233 g/mol. The van der Waals surface area contributed by atoms with Crippen LogP contribution in [-0.2, 0) is 16.1 Å². The number of carbonyl (C=O) groups excluding carboxylic acids is 2. The molecule has 1 rings (SSSR count). The molecule has 0 aliphatic heterocycles. The van der Waals surface area contributed by atoms with Crippen LogP contribution in [-0.4, -0.2) is 30.4 Å². The Morgan fingerprint density at radius 3 is 2.65 bits per heavy atom. The summed E-state index contributed by atoms with van der Waals surface area (Å²) in [5, 5.41) is 0. The van der Waals surface area contributed by atoms with Gasteiger partial charge >= 0.3 is 6.09 Å². The van der Waals surface area contributed by atoms with Gasteiger partial charge < -0.3 is 9.64 Å². The minimum Gasteiger partial charge on any atom is -0.442 e. The van der Waals surface area contributed by atoms with Gasteiger partial charge in [-0.25, -0.2) is 4.79 Å². The summed E-state index contributed by atoms with van der Waals surface area (Å²) in [6, 6.07) is 9.55. The van der Waals surface area contributed by atoms with E-state index in [9.17, 15) is 9.59 Å².